The van der Waals surface area contributed by atoms with Crippen molar-refractivity contribution in [1.29, 1.82) is 0 Å². The Morgan fingerprint density at radius 3 is 2.65 bits per heavy atom. The molecule has 5 heteroatoms. The van der Waals surface area contributed by atoms with E-state index in [-0.39, 0.29) is 11.9 Å². The van der Waals surface area contributed by atoms with E-state index in [0.29, 0.717) is 25.9 Å². The quantitative estimate of drug-likeness (QED) is 0.772. The number of amides is 1. The van der Waals surface area contributed by atoms with E-state index in [4.69, 9.17) is 9.84 Å². The van der Waals surface area contributed by atoms with Crippen LogP contribution in [0.5, 0.6) is 5.75 Å². The van der Waals surface area contributed by atoms with Gasteiger partial charge in [0, 0.05) is 12.5 Å². The molecule has 1 aromatic rings. The molecule has 2 atom stereocenters. The molecule has 5 nitrogen and oxygen atoms in total. The second kappa shape index (κ2) is 8.56. The van der Waals surface area contributed by atoms with Crippen LogP contribution in [0.25, 0.3) is 0 Å². The largest absolute Gasteiger partial charge is 0.494 e. The van der Waals surface area contributed by atoms with E-state index in [1.54, 1.807) is 0 Å². The number of aliphatic carboxylic acids is 1. The molecule has 0 aromatic heterocycles. The van der Waals surface area contributed by atoms with Crippen LogP contribution >= 0.6 is 0 Å². The van der Waals surface area contributed by atoms with Crippen molar-refractivity contribution in [1.82, 2.24) is 5.32 Å². The van der Waals surface area contributed by atoms with Crippen molar-refractivity contribution in [2.75, 3.05) is 6.61 Å². The fourth-order valence-corrected chi connectivity index (χ4v) is 2.94. The first-order valence-electron chi connectivity index (χ1n) is 8.34. The highest BCUT2D eigenvalue weighted by Crippen LogP contribution is 2.26. The van der Waals surface area contributed by atoms with Crippen molar-refractivity contribution < 1.29 is 19.4 Å². The third-order valence-electron chi connectivity index (χ3n) is 4.22. The molecule has 1 amide bonds. The average Bonchev–Trinajstić information content (AvgIpc) is 3.00. The van der Waals surface area contributed by atoms with Crippen LogP contribution in [0.15, 0.2) is 24.3 Å². The summed E-state index contributed by atoms with van der Waals surface area (Å²) in [5.74, 6) is -0.478. The van der Waals surface area contributed by atoms with Gasteiger partial charge in [-0.25, -0.2) is 0 Å². The van der Waals surface area contributed by atoms with Crippen LogP contribution < -0.4 is 10.1 Å². The molecule has 0 spiro atoms. The van der Waals surface area contributed by atoms with Gasteiger partial charge in [0.2, 0.25) is 5.91 Å². The minimum atomic E-state index is -0.810. The molecule has 0 bridgehead atoms. The molecule has 126 valence electrons. The van der Waals surface area contributed by atoms with Gasteiger partial charge in [-0.05, 0) is 43.4 Å². The number of nitrogens with one attached hydrogen (secondary N) is 1. The number of hydrogen-bond acceptors (Lipinski definition) is 3. The Balaban J connectivity index is 1.76. The molecule has 1 aromatic carbocycles. The van der Waals surface area contributed by atoms with Gasteiger partial charge >= 0.3 is 5.97 Å². The number of aryl methyl sites for hydroxylation is 1. The minimum Gasteiger partial charge on any atom is -0.494 e. The molecule has 23 heavy (non-hydrogen) atoms. The van der Waals surface area contributed by atoms with E-state index in [9.17, 15) is 9.59 Å². The lowest BCUT2D eigenvalue weighted by Gasteiger charge is -2.17. The number of rotatable bonds is 8. The highest BCUT2D eigenvalue weighted by Gasteiger charge is 2.33. The van der Waals surface area contributed by atoms with Crippen LogP contribution in [0.2, 0.25) is 0 Å². The number of ether oxygens (including phenoxy) is 1. The third-order valence-corrected chi connectivity index (χ3v) is 4.22. The second-order valence-corrected chi connectivity index (χ2v) is 6.04. The van der Waals surface area contributed by atoms with Crippen LogP contribution in [-0.2, 0) is 16.0 Å². The first-order chi connectivity index (χ1) is 11.1. The standard InChI is InChI=1S/C18H25NO4/c1-2-12-23-14-9-6-13(7-10-14)8-11-17(20)19-16-5-3-4-15(16)18(21)22/h6-7,9-10,15-16H,2-5,8,11-12H2,1H3,(H,19,20)(H,21,22)/t15-,16+/m0/s1. The Kier molecular flexibility index (Phi) is 6.44. The normalized spacial score (nSPS) is 20.2. The summed E-state index contributed by atoms with van der Waals surface area (Å²) in [6, 6.07) is 7.55. The number of carbonyl (C=O) groups excluding carboxylic acids is 1. The smallest absolute Gasteiger partial charge is 0.308 e. The van der Waals surface area contributed by atoms with E-state index in [1.807, 2.05) is 24.3 Å². The van der Waals surface area contributed by atoms with Gasteiger partial charge in [0.25, 0.3) is 0 Å². The zero-order chi connectivity index (χ0) is 16.7. The maximum atomic E-state index is 12.0. The number of carbonyl (C=O) groups is 2. The number of hydrogen-bond donors (Lipinski definition) is 2. The van der Waals surface area contributed by atoms with Crippen molar-refractivity contribution in [3.63, 3.8) is 0 Å². The summed E-state index contributed by atoms with van der Waals surface area (Å²) in [6.45, 7) is 2.76. The number of carboxylic acids is 1. The molecule has 1 fully saturated rings. The zero-order valence-electron chi connectivity index (χ0n) is 13.6. The summed E-state index contributed by atoms with van der Waals surface area (Å²) in [7, 11) is 0. The molecule has 2 N–H and O–H groups in total. The van der Waals surface area contributed by atoms with Gasteiger partial charge in [0.1, 0.15) is 5.75 Å². The van der Waals surface area contributed by atoms with Crippen LogP contribution in [0.1, 0.15) is 44.6 Å². The van der Waals surface area contributed by atoms with E-state index in [0.717, 1.165) is 30.6 Å². The molecular formula is C18H25NO4. The van der Waals surface area contributed by atoms with Gasteiger partial charge in [-0.2, -0.15) is 0 Å². The summed E-state index contributed by atoms with van der Waals surface area (Å²) in [5.41, 5.74) is 1.07. The van der Waals surface area contributed by atoms with Crippen molar-refractivity contribution in [2.24, 2.45) is 5.92 Å². The van der Waals surface area contributed by atoms with Gasteiger partial charge < -0.3 is 15.2 Å². The first-order valence-corrected chi connectivity index (χ1v) is 8.34. The Bertz CT molecular complexity index is 526. The summed E-state index contributed by atoms with van der Waals surface area (Å²) in [5, 5.41) is 12.0. The molecule has 0 aliphatic heterocycles. The van der Waals surface area contributed by atoms with E-state index in [2.05, 4.69) is 12.2 Å². The molecule has 0 radical (unpaired) electrons. The van der Waals surface area contributed by atoms with E-state index < -0.39 is 11.9 Å². The summed E-state index contributed by atoms with van der Waals surface area (Å²) in [6.07, 6.45) is 4.26. The fourth-order valence-electron chi connectivity index (χ4n) is 2.94. The van der Waals surface area contributed by atoms with E-state index in [1.165, 1.54) is 0 Å². The Morgan fingerprint density at radius 1 is 1.26 bits per heavy atom. The predicted molar refractivity (Wildman–Crippen MR) is 87.5 cm³/mol. The third kappa shape index (κ3) is 5.27. The SMILES string of the molecule is CCCOc1ccc(CCC(=O)N[C@@H]2CCC[C@@H]2C(=O)O)cc1. The molecule has 1 aliphatic carbocycles. The fraction of sp³-hybridized carbons (Fsp3) is 0.556. The predicted octanol–water partition coefficient (Wildman–Crippen LogP) is 2.78. The molecule has 1 aliphatic rings. The average molecular weight is 319 g/mol. The van der Waals surface area contributed by atoms with Crippen LogP contribution in [-0.4, -0.2) is 29.6 Å². The van der Waals surface area contributed by atoms with Crippen molar-refractivity contribution in [3.8, 4) is 5.75 Å². The van der Waals surface area contributed by atoms with Crippen LogP contribution in [0, 0.1) is 5.92 Å². The number of carboxylic acid groups (broad SMARTS) is 1. The second-order valence-electron chi connectivity index (χ2n) is 6.04. The molecule has 0 saturated heterocycles. The molecule has 2 rings (SSSR count). The van der Waals surface area contributed by atoms with Crippen molar-refractivity contribution in [2.45, 2.75) is 51.5 Å². The molecule has 0 unspecified atom stereocenters. The maximum absolute atomic E-state index is 12.0. The maximum Gasteiger partial charge on any atom is 0.308 e. The Labute approximate surface area is 137 Å². The topological polar surface area (TPSA) is 75.6 Å². The number of benzene rings is 1. The van der Waals surface area contributed by atoms with Gasteiger partial charge in [0.15, 0.2) is 0 Å². The minimum absolute atomic E-state index is 0.0746. The van der Waals surface area contributed by atoms with Gasteiger partial charge in [-0.1, -0.05) is 25.5 Å². The van der Waals surface area contributed by atoms with Gasteiger partial charge in [-0.3, -0.25) is 9.59 Å². The van der Waals surface area contributed by atoms with Crippen molar-refractivity contribution >= 4 is 11.9 Å². The van der Waals surface area contributed by atoms with Crippen LogP contribution in [0.3, 0.4) is 0 Å². The highest BCUT2D eigenvalue weighted by molar-refractivity contribution is 5.78. The van der Waals surface area contributed by atoms with Gasteiger partial charge in [-0.15, -0.1) is 0 Å². The molecular weight excluding hydrogens is 294 g/mol. The van der Waals surface area contributed by atoms with Gasteiger partial charge in [0.05, 0.1) is 12.5 Å². The lowest BCUT2D eigenvalue weighted by atomic mass is 10.0. The van der Waals surface area contributed by atoms with Crippen LogP contribution in [0.4, 0.5) is 0 Å². The Hall–Kier alpha value is -2.04. The highest BCUT2D eigenvalue weighted by atomic mass is 16.5. The molecule has 1 saturated carbocycles. The van der Waals surface area contributed by atoms with E-state index >= 15 is 0 Å². The summed E-state index contributed by atoms with van der Waals surface area (Å²) in [4.78, 5) is 23.1. The lowest BCUT2D eigenvalue weighted by Crippen LogP contribution is -2.40. The molecule has 0 heterocycles. The Morgan fingerprint density at radius 2 is 2.00 bits per heavy atom. The van der Waals surface area contributed by atoms with Crippen molar-refractivity contribution in [3.05, 3.63) is 29.8 Å². The summed E-state index contributed by atoms with van der Waals surface area (Å²) < 4.78 is 5.52. The first kappa shape index (κ1) is 17.3. The summed E-state index contributed by atoms with van der Waals surface area (Å²) >= 11 is 0. The monoisotopic (exact) mass is 319 g/mol. The zero-order valence-corrected chi connectivity index (χ0v) is 13.6. The lowest BCUT2D eigenvalue weighted by molar-refractivity contribution is -0.142.